The van der Waals surface area contributed by atoms with Gasteiger partial charge in [0, 0.05) is 24.2 Å². The molecule has 3 aromatic rings. The van der Waals surface area contributed by atoms with Gasteiger partial charge in [0.2, 0.25) is 5.91 Å². The lowest BCUT2D eigenvalue weighted by Crippen LogP contribution is -2.47. The molecule has 0 unspecified atom stereocenters. The fourth-order valence-corrected chi connectivity index (χ4v) is 5.74. The van der Waals surface area contributed by atoms with Crippen LogP contribution in [0.15, 0.2) is 42.5 Å². The molecule has 4 rings (SSSR count). The highest BCUT2D eigenvalue weighted by Gasteiger charge is 2.36. The average Bonchev–Trinajstić information content (AvgIpc) is 3.29. The molecule has 0 spiro atoms. The summed E-state index contributed by atoms with van der Waals surface area (Å²) >= 11 is 1.31. The monoisotopic (exact) mass is 537 g/mol. The van der Waals surface area contributed by atoms with Crippen LogP contribution in [0.3, 0.4) is 0 Å². The molecule has 0 radical (unpaired) electrons. The van der Waals surface area contributed by atoms with Crippen LogP contribution in [0.2, 0.25) is 0 Å². The van der Waals surface area contributed by atoms with E-state index < -0.39 is 6.04 Å². The van der Waals surface area contributed by atoms with E-state index >= 15 is 0 Å². The van der Waals surface area contributed by atoms with E-state index in [1.807, 2.05) is 26.0 Å². The van der Waals surface area contributed by atoms with Crippen LogP contribution >= 0.6 is 11.3 Å². The summed E-state index contributed by atoms with van der Waals surface area (Å²) < 4.78 is 16.4. The van der Waals surface area contributed by atoms with Gasteiger partial charge in [-0.2, -0.15) is 0 Å². The standard InChI is InChI=1S/C29H35N3O5S/c1-18-27(38-19(2)30-18)29(34)32(22-15-24(36-4)17-25(16-22)37-5)26(20-11-13-23(35-3)14-12-20)28(33)31-21-9-7-6-8-10-21/h11-17,21,26H,6-10H2,1-5H3,(H,31,33)/t26-/m0/s1. The molecule has 8 nitrogen and oxygen atoms in total. The van der Waals surface area contributed by atoms with Crippen molar-refractivity contribution in [2.24, 2.45) is 0 Å². The SMILES string of the molecule is COc1ccc([C@@H](C(=O)NC2CCCCC2)N(C(=O)c2sc(C)nc2C)c2cc(OC)cc(OC)c2)cc1. The van der Waals surface area contributed by atoms with E-state index in [4.69, 9.17) is 14.2 Å². The van der Waals surface area contributed by atoms with Gasteiger partial charge in [-0.05, 0) is 44.4 Å². The smallest absolute Gasteiger partial charge is 0.271 e. The van der Waals surface area contributed by atoms with Gasteiger partial charge in [-0.1, -0.05) is 31.4 Å². The zero-order valence-electron chi connectivity index (χ0n) is 22.6. The minimum Gasteiger partial charge on any atom is -0.497 e. The Kier molecular flexibility index (Phi) is 8.89. The number of aryl methyl sites for hydroxylation is 2. The van der Waals surface area contributed by atoms with Crippen molar-refractivity contribution in [3.05, 3.63) is 63.6 Å². The van der Waals surface area contributed by atoms with Gasteiger partial charge < -0.3 is 19.5 Å². The molecule has 0 bridgehead atoms. The molecule has 1 saturated carbocycles. The highest BCUT2D eigenvalue weighted by Crippen LogP contribution is 2.37. The zero-order valence-corrected chi connectivity index (χ0v) is 23.4. The van der Waals surface area contributed by atoms with Crippen LogP contribution in [0.1, 0.15) is 64.1 Å². The molecule has 202 valence electrons. The molecule has 1 fully saturated rings. The number of amides is 2. The fraction of sp³-hybridized carbons (Fsp3) is 0.414. The number of rotatable bonds is 9. The highest BCUT2D eigenvalue weighted by molar-refractivity contribution is 7.13. The number of methoxy groups -OCH3 is 3. The van der Waals surface area contributed by atoms with Crippen molar-refractivity contribution in [2.75, 3.05) is 26.2 Å². The first kappa shape index (κ1) is 27.4. The molecule has 2 amide bonds. The number of benzene rings is 2. The van der Waals surface area contributed by atoms with Crippen LogP contribution < -0.4 is 24.4 Å². The Balaban J connectivity index is 1.88. The molecule has 2 aromatic carbocycles. The molecule has 1 N–H and O–H groups in total. The summed E-state index contributed by atoms with van der Waals surface area (Å²) in [6.45, 7) is 3.68. The van der Waals surface area contributed by atoms with Crippen molar-refractivity contribution >= 4 is 28.8 Å². The second-order valence-electron chi connectivity index (χ2n) is 9.41. The summed E-state index contributed by atoms with van der Waals surface area (Å²) in [5.74, 6) is 1.13. The second kappa shape index (κ2) is 12.3. The van der Waals surface area contributed by atoms with Gasteiger partial charge in [-0.3, -0.25) is 14.5 Å². The summed E-state index contributed by atoms with van der Waals surface area (Å²) in [5, 5.41) is 4.02. The Morgan fingerprint density at radius 3 is 2.05 bits per heavy atom. The van der Waals surface area contributed by atoms with E-state index in [1.165, 1.54) is 22.7 Å². The molecule has 1 aliphatic rings. The topological polar surface area (TPSA) is 90.0 Å². The summed E-state index contributed by atoms with van der Waals surface area (Å²) in [4.78, 5) is 34.9. The summed E-state index contributed by atoms with van der Waals surface area (Å²) in [7, 11) is 4.70. The van der Waals surface area contributed by atoms with Crippen molar-refractivity contribution in [1.29, 1.82) is 0 Å². The third kappa shape index (κ3) is 6.10. The third-order valence-corrected chi connectivity index (χ3v) is 7.88. The molecular weight excluding hydrogens is 502 g/mol. The second-order valence-corrected chi connectivity index (χ2v) is 10.6. The van der Waals surface area contributed by atoms with Crippen LogP contribution in [0.4, 0.5) is 5.69 Å². The van der Waals surface area contributed by atoms with Gasteiger partial charge in [-0.15, -0.1) is 11.3 Å². The number of aromatic nitrogens is 1. The number of hydrogen-bond donors (Lipinski definition) is 1. The first-order valence-corrected chi connectivity index (χ1v) is 13.6. The minimum atomic E-state index is -0.950. The van der Waals surface area contributed by atoms with E-state index in [2.05, 4.69) is 10.3 Å². The van der Waals surface area contributed by atoms with Crippen LogP contribution in [-0.4, -0.2) is 44.2 Å². The minimum absolute atomic E-state index is 0.0705. The van der Waals surface area contributed by atoms with Crippen molar-refractivity contribution < 1.29 is 23.8 Å². The maximum atomic E-state index is 14.3. The quantitative estimate of drug-likeness (QED) is 0.381. The molecule has 0 aliphatic heterocycles. The fourth-order valence-electron chi connectivity index (χ4n) is 4.89. The summed E-state index contributed by atoms with van der Waals surface area (Å²) in [6.07, 6.45) is 5.18. The Morgan fingerprint density at radius 2 is 1.53 bits per heavy atom. The number of nitrogens with zero attached hydrogens (tertiary/aromatic N) is 2. The Bertz CT molecular complexity index is 1250. The Hall–Kier alpha value is -3.59. The third-order valence-electron chi connectivity index (χ3n) is 6.82. The molecular formula is C29H35N3O5S. The first-order chi connectivity index (χ1) is 18.3. The molecule has 9 heteroatoms. The van der Waals surface area contributed by atoms with Gasteiger partial charge in [0.15, 0.2) is 0 Å². The summed E-state index contributed by atoms with van der Waals surface area (Å²) in [5.41, 5.74) is 1.77. The van der Waals surface area contributed by atoms with Crippen LogP contribution in [0.5, 0.6) is 17.2 Å². The van der Waals surface area contributed by atoms with E-state index in [0.29, 0.717) is 39.1 Å². The predicted octanol–water partition coefficient (Wildman–Crippen LogP) is 5.62. The van der Waals surface area contributed by atoms with Crippen molar-refractivity contribution in [3.8, 4) is 17.2 Å². The molecule has 1 atom stereocenters. The number of hydrogen-bond acceptors (Lipinski definition) is 7. The summed E-state index contributed by atoms with van der Waals surface area (Å²) in [6, 6.07) is 11.6. The van der Waals surface area contributed by atoms with Crippen molar-refractivity contribution in [1.82, 2.24) is 10.3 Å². The maximum Gasteiger partial charge on any atom is 0.271 e. The first-order valence-electron chi connectivity index (χ1n) is 12.8. The van der Waals surface area contributed by atoms with Crippen LogP contribution in [0.25, 0.3) is 0 Å². The largest absolute Gasteiger partial charge is 0.497 e. The van der Waals surface area contributed by atoms with Crippen molar-refractivity contribution in [3.63, 3.8) is 0 Å². The lowest BCUT2D eigenvalue weighted by molar-refractivity contribution is -0.123. The number of anilines is 1. The zero-order chi connectivity index (χ0) is 27.2. The van der Waals surface area contributed by atoms with E-state index in [9.17, 15) is 9.59 Å². The lowest BCUT2D eigenvalue weighted by atomic mass is 9.94. The maximum absolute atomic E-state index is 14.3. The highest BCUT2D eigenvalue weighted by atomic mass is 32.1. The molecule has 1 aliphatic carbocycles. The van der Waals surface area contributed by atoms with E-state index in [-0.39, 0.29) is 17.9 Å². The number of ether oxygens (including phenoxy) is 3. The number of thiazole rings is 1. The van der Waals surface area contributed by atoms with Crippen molar-refractivity contribution in [2.45, 2.75) is 58.0 Å². The molecule has 0 saturated heterocycles. The molecule has 1 aromatic heterocycles. The van der Waals surface area contributed by atoms with Gasteiger partial charge in [0.1, 0.15) is 28.2 Å². The number of carbonyl (C=O) groups excluding carboxylic acids is 2. The van der Waals surface area contributed by atoms with E-state index in [0.717, 1.165) is 30.7 Å². The van der Waals surface area contributed by atoms with Gasteiger partial charge >= 0.3 is 0 Å². The Labute approximate surface area is 227 Å². The predicted molar refractivity (Wildman–Crippen MR) is 149 cm³/mol. The van der Waals surface area contributed by atoms with Gasteiger partial charge in [0.05, 0.1) is 37.7 Å². The van der Waals surface area contributed by atoms with Gasteiger partial charge in [-0.25, -0.2) is 4.98 Å². The van der Waals surface area contributed by atoms with Crippen LogP contribution in [-0.2, 0) is 4.79 Å². The number of nitrogens with one attached hydrogen (secondary N) is 1. The van der Waals surface area contributed by atoms with Crippen LogP contribution in [0, 0.1) is 13.8 Å². The number of carbonyl (C=O) groups is 2. The Morgan fingerprint density at radius 1 is 0.921 bits per heavy atom. The average molecular weight is 538 g/mol. The van der Waals surface area contributed by atoms with E-state index in [1.54, 1.807) is 51.7 Å². The normalized spacial score (nSPS) is 14.4. The lowest BCUT2D eigenvalue weighted by Gasteiger charge is -2.33. The molecule has 38 heavy (non-hydrogen) atoms. The molecule has 1 heterocycles. The van der Waals surface area contributed by atoms with Gasteiger partial charge in [0.25, 0.3) is 5.91 Å².